The van der Waals surface area contributed by atoms with Gasteiger partial charge in [-0.05, 0) is 19.1 Å². The fourth-order valence-corrected chi connectivity index (χ4v) is 2.03. The van der Waals surface area contributed by atoms with Gasteiger partial charge < -0.3 is 9.29 Å². The van der Waals surface area contributed by atoms with Crippen LogP contribution in [0.25, 0.3) is 0 Å². The van der Waals surface area contributed by atoms with E-state index in [0.717, 1.165) is 12.1 Å². The number of halogens is 3. The number of alkyl halides is 3. The van der Waals surface area contributed by atoms with E-state index in [0.29, 0.717) is 6.07 Å². The number of carbonyl (C=O) groups is 1. The average molecular weight is 282 g/mol. The van der Waals surface area contributed by atoms with Crippen LogP contribution in [0.5, 0.6) is 0 Å². The van der Waals surface area contributed by atoms with Crippen molar-refractivity contribution in [2.45, 2.75) is 18.0 Å². The molecule has 1 aromatic rings. The maximum absolute atomic E-state index is 12.6. The van der Waals surface area contributed by atoms with Crippen LogP contribution >= 0.6 is 0 Å². The van der Waals surface area contributed by atoms with Gasteiger partial charge in [0.25, 0.3) is 0 Å². The van der Waals surface area contributed by atoms with Crippen LogP contribution in [-0.4, -0.2) is 21.3 Å². The molecule has 0 spiro atoms. The van der Waals surface area contributed by atoms with Crippen molar-refractivity contribution in [3.05, 3.63) is 29.3 Å². The average Bonchev–Trinajstić information content (AvgIpc) is 2.27. The van der Waals surface area contributed by atoms with Crippen molar-refractivity contribution in [2.75, 3.05) is 6.61 Å². The Morgan fingerprint density at radius 3 is 2.50 bits per heavy atom. The van der Waals surface area contributed by atoms with Crippen LogP contribution in [0.15, 0.2) is 23.1 Å². The lowest BCUT2D eigenvalue weighted by Gasteiger charge is -2.13. The number of carbonyl (C=O) groups excluding carboxylic acids is 1. The van der Waals surface area contributed by atoms with Crippen LogP contribution < -0.4 is 0 Å². The standard InChI is InChI=1S/C10H9F3O4S/c1-2-17-9(14)6-4-3-5-7(10(11,12)13)8(6)18(15)16/h3-5H,2H2,1H3,(H,15,16). The second kappa shape index (κ2) is 5.49. The molecule has 1 N–H and O–H groups in total. The van der Waals surface area contributed by atoms with Crippen molar-refractivity contribution in [1.82, 2.24) is 0 Å². The first-order valence-electron chi connectivity index (χ1n) is 4.77. The smallest absolute Gasteiger partial charge is 0.417 e. The topological polar surface area (TPSA) is 63.6 Å². The van der Waals surface area contributed by atoms with Gasteiger partial charge in [0, 0.05) is 0 Å². The van der Waals surface area contributed by atoms with E-state index >= 15 is 0 Å². The first kappa shape index (κ1) is 14.7. The maximum Gasteiger partial charge on any atom is 0.417 e. The van der Waals surface area contributed by atoms with Crippen molar-refractivity contribution in [1.29, 1.82) is 0 Å². The van der Waals surface area contributed by atoms with Gasteiger partial charge in [-0.25, -0.2) is 9.00 Å². The minimum Gasteiger partial charge on any atom is -0.462 e. The largest absolute Gasteiger partial charge is 0.462 e. The highest BCUT2D eigenvalue weighted by atomic mass is 32.2. The van der Waals surface area contributed by atoms with E-state index in [1.165, 1.54) is 6.92 Å². The van der Waals surface area contributed by atoms with Gasteiger partial charge in [-0.2, -0.15) is 13.2 Å². The van der Waals surface area contributed by atoms with Crippen LogP contribution in [-0.2, 0) is 22.0 Å². The lowest BCUT2D eigenvalue weighted by atomic mass is 10.1. The minimum atomic E-state index is -4.82. The molecule has 1 aromatic carbocycles. The first-order valence-corrected chi connectivity index (χ1v) is 5.88. The molecular weight excluding hydrogens is 273 g/mol. The van der Waals surface area contributed by atoms with Crippen LogP contribution in [0.1, 0.15) is 22.8 Å². The summed E-state index contributed by atoms with van der Waals surface area (Å²) < 4.78 is 62.4. The van der Waals surface area contributed by atoms with Crippen LogP contribution in [0.4, 0.5) is 13.2 Å². The van der Waals surface area contributed by atoms with Gasteiger partial charge >= 0.3 is 12.1 Å². The lowest BCUT2D eigenvalue weighted by Crippen LogP contribution is -2.16. The third kappa shape index (κ3) is 3.08. The Bertz CT molecular complexity index is 485. The second-order valence-electron chi connectivity index (χ2n) is 3.15. The van der Waals surface area contributed by atoms with Crippen LogP contribution in [0.2, 0.25) is 0 Å². The Labute approximate surface area is 103 Å². The molecule has 0 radical (unpaired) electrons. The molecule has 0 aliphatic rings. The number of hydrogen-bond acceptors (Lipinski definition) is 3. The maximum atomic E-state index is 12.6. The van der Waals surface area contributed by atoms with Gasteiger partial charge in [0.05, 0.1) is 22.6 Å². The quantitative estimate of drug-likeness (QED) is 0.683. The number of benzene rings is 1. The van der Waals surface area contributed by atoms with Gasteiger partial charge in [0.15, 0.2) is 11.1 Å². The highest BCUT2D eigenvalue weighted by Crippen LogP contribution is 2.35. The van der Waals surface area contributed by atoms with Gasteiger partial charge in [0.2, 0.25) is 0 Å². The van der Waals surface area contributed by atoms with Crippen molar-refractivity contribution in [3.63, 3.8) is 0 Å². The summed E-state index contributed by atoms with van der Waals surface area (Å²) in [7, 11) is 0. The van der Waals surface area contributed by atoms with Crippen LogP contribution in [0.3, 0.4) is 0 Å². The van der Waals surface area contributed by atoms with E-state index in [4.69, 9.17) is 4.55 Å². The van der Waals surface area contributed by atoms with E-state index in [-0.39, 0.29) is 6.61 Å². The third-order valence-corrected chi connectivity index (χ3v) is 2.78. The molecule has 0 aliphatic heterocycles. The molecule has 18 heavy (non-hydrogen) atoms. The summed E-state index contributed by atoms with van der Waals surface area (Å²) in [5, 5.41) is 0. The summed E-state index contributed by atoms with van der Waals surface area (Å²) in [5.41, 5.74) is -1.89. The molecule has 0 saturated carbocycles. The Balaban J connectivity index is 3.45. The number of esters is 1. The first-order chi connectivity index (χ1) is 8.29. The SMILES string of the molecule is CCOC(=O)c1cccc(C(F)(F)F)c1S(=O)O. The zero-order valence-electron chi connectivity index (χ0n) is 9.15. The molecule has 1 unspecified atom stereocenters. The summed E-state index contributed by atoms with van der Waals surface area (Å²) in [6, 6.07) is 2.62. The van der Waals surface area contributed by atoms with Gasteiger partial charge in [-0.15, -0.1) is 0 Å². The van der Waals surface area contributed by atoms with Gasteiger partial charge in [-0.3, -0.25) is 0 Å². The Kier molecular flexibility index (Phi) is 4.47. The Morgan fingerprint density at radius 2 is 2.06 bits per heavy atom. The molecular formula is C10H9F3O4S. The Morgan fingerprint density at radius 1 is 1.44 bits per heavy atom. The summed E-state index contributed by atoms with van der Waals surface area (Å²) in [6.45, 7) is 1.42. The molecule has 8 heteroatoms. The van der Waals surface area contributed by atoms with E-state index in [1.54, 1.807) is 0 Å². The lowest BCUT2D eigenvalue weighted by molar-refractivity contribution is -0.139. The fraction of sp³-hybridized carbons (Fsp3) is 0.300. The van der Waals surface area contributed by atoms with E-state index < -0.39 is 39.2 Å². The molecule has 0 aromatic heterocycles. The van der Waals surface area contributed by atoms with Crippen molar-refractivity contribution < 1.29 is 31.5 Å². The molecule has 4 nitrogen and oxygen atoms in total. The number of rotatable bonds is 3. The van der Waals surface area contributed by atoms with Crippen LogP contribution in [0, 0.1) is 0 Å². The number of ether oxygens (including phenoxy) is 1. The normalized spacial score (nSPS) is 13.2. The molecule has 0 heterocycles. The summed E-state index contributed by atoms with van der Waals surface area (Å²) in [5.74, 6) is -1.07. The van der Waals surface area contributed by atoms with Crippen molar-refractivity contribution in [3.8, 4) is 0 Å². The van der Waals surface area contributed by atoms with Crippen molar-refractivity contribution >= 4 is 17.0 Å². The van der Waals surface area contributed by atoms with Gasteiger partial charge in [0.1, 0.15) is 0 Å². The number of hydrogen-bond donors (Lipinski definition) is 1. The highest BCUT2D eigenvalue weighted by molar-refractivity contribution is 7.79. The van der Waals surface area contributed by atoms with E-state index in [2.05, 4.69) is 4.74 Å². The third-order valence-electron chi connectivity index (χ3n) is 1.99. The fourth-order valence-electron chi connectivity index (χ4n) is 1.32. The summed E-state index contributed by atoms with van der Waals surface area (Å²) in [4.78, 5) is 10.4. The summed E-state index contributed by atoms with van der Waals surface area (Å²) in [6.07, 6.45) is -4.82. The van der Waals surface area contributed by atoms with E-state index in [9.17, 15) is 22.2 Å². The molecule has 100 valence electrons. The molecule has 0 saturated heterocycles. The molecule has 0 bridgehead atoms. The monoisotopic (exact) mass is 282 g/mol. The highest BCUT2D eigenvalue weighted by Gasteiger charge is 2.37. The molecule has 1 atom stereocenters. The zero-order valence-corrected chi connectivity index (χ0v) is 9.97. The minimum absolute atomic E-state index is 0.0490. The predicted octanol–water partition coefficient (Wildman–Crippen LogP) is 2.46. The molecule has 0 aliphatic carbocycles. The van der Waals surface area contributed by atoms with E-state index in [1.807, 2.05) is 0 Å². The van der Waals surface area contributed by atoms with Crippen molar-refractivity contribution in [2.24, 2.45) is 0 Å². The Hall–Kier alpha value is -1.41. The molecule has 1 rings (SSSR count). The van der Waals surface area contributed by atoms with Gasteiger partial charge in [-0.1, -0.05) is 6.07 Å². The second-order valence-corrected chi connectivity index (χ2v) is 4.06. The molecule has 0 amide bonds. The predicted molar refractivity (Wildman–Crippen MR) is 56.4 cm³/mol. The molecule has 0 fully saturated rings. The zero-order chi connectivity index (χ0) is 13.9. The summed E-state index contributed by atoms with van der Waals surface area (Å²) >= 11 is -2.94.